The molecule has 0 aromatic rings. The van der Waals surface area contributed by atoms with Crippen LogP contribution in [0.3, 0.4) is 0 Å². The fourth-order valence-corrected chi connectivity index (χ4v) is 1.19. The third-order valence-corrected chi connectivity index (χ3v) is 2.17. The summed E-state index contributed by atoms with van der Waals surface area (Å²) in [4.78, 5) is 22.1. The molecule has 0 saturated heterocycles. The Labute approximate surface area is 103 Å². The molecule has 0 fully saturated rings. The van der Waals surface area contributed by atoms with Crippen molar-refractivity contribution in [3.63, 3.8) is 0 Å². The van der Waals surface area contributed by atoms with Crippen molar-refractivity contribution in [3.05, 3.63) is 11.1 Å². The van der Waals surface area contributed by atoms with Crippen LogP contribution >= 0.6 is 15.9 Å². The summed E-state index contributed by atoms with van der Waals surface area (Å²) in [5.41, 5.74) is 0. The van der Waals surface area contributed by atoms with Gasteiger partial charge in [-0.1, -0.05) is 42.3 Å². The number of rotatable bonds is 7. The lowest BCUT2D eigenvalue weighted by molar-refractivity contribution is -0.139. The lowest BCUT2D eigenvalue weighted by Gasteiger charge is -2.14. The predicted molar refractivity (Wildman–Crippen MR) is 65.6 cm³/mol. The summed E-state index contributed by atoms with van der Waals surface area (Å²) in [6, 6.07) is -1.33. The highest BCUT2D eigenvalue weighted by Gasteiger charge is 2.18. The van der Waals surface area contributed by atoms with Gasteiger partial charge in [0.15, 0.2) is 0 Å². The number of hydrogen-bond acceptors (Lipinski definition) is 2. The number of aliphatic carboxylic acids is 1. The third kappa shape index (κ3) is 7.28. The quantitative estimate of drug-likeness (QED) is 0.670. The Balaban J connectivity index is 4.02. The Morgan fingerprint density at radius 1 is 1.50 bits per heavy atom. The van der Waals surface area contributed by atoms with E-state index in [9.17, 15) is 9.59 Å². The molecule has 5 nitrogen and oxygen atoms in total. The van der Waals surface area contributed by atoms with Crippen LogP contribution in [0, 0.1) is 0 Å². The Kier molecular flexibility index (Phi) is 7.62. The smallest absolute Gasteiger partial charge is 0.326 e. The van der Waals surface area contributed by atoms with Crippen molar-refractivity contribution in [2.45, 2.75) is 32.2 Å². The predicted octanol–water partition coefficient (Wildman–Crippen LogP) is 1.84. The second-order valence-electron chi connectivity index (χ2n) is 3.38. The zero-order chi connectivity index (χ0) is 12.6. The van der Waals surface area contributed by atoms with Crippen molar-refractivity contribution >= 4 is 27.9 Å². The summed E-state index contributed by atoms with van der Waals surface area (Å²) in [6.45, 7) is 5.78. The van der Waals surface area contributed by atoms with E-state index in [2.05, 4.69) is 33.1 Å². The van der Waals surface area contributed by atoms with E-state index in [1.807, 2.05) is 6.92 Å². The topological polar surface area (TPSA) is 78.4 Å². The number of amides is 2. The van der Waals surface area contributed by atoms with Crippen LogP contribution in [0.2, 0.25) is 0 Å². The van der Waals surface area contributed by atoms with Crippen molar-refractivity contribution < 1.29 is 14.7 Å². The molecule has 0 aromatic carbocycles. The summed E-state index contributed by atoms with van der Waals surface area (Å²) in [6.07, 6.45) is 2.10. The third-order valence-electron chi connectivity index (χ3n) is 1.89. The van der Waals surface area contributed by atoms with E-state index in [-0.39, 0.29) is 6.54 Å². The fraction of sp³-hybridized carbons (Fsp3) is 0.600. The number of hydrogen-bond donors (Lipinski definition) is 3. The van der Waals surface area contributed by atoms with Crippen LogP contribution in [-0.4, -0.2) is 29.7 Å². The normalized spacial score (nSPS) is 11.6. The molecule has 16 heavy (non-hydrogen) atoms. The summed E-state index contributed by atoms with van der Waals surface area (Å²) < 4.78 is 0.628. The Bertz CT molecular complexity index is 269. The SMILES string of the molecule is C=C(Br)CNC(=O)NC(CCCC)C(=O)O. The molecule has 0 spiro atoms. The highest BCUT2D eigenvalue weighted by Crippen LogP contribution is 2.01. The molecule has 0 aliphatic heterocycles. The molecule has 6 heteroatoms. The summed E-state index contributed by atoms with van der Waals surface area (Å²) >= 11 is 3.09. The molecule has 2 amide bonds. The maximum absolute atomic E-state index is 11.3. The zero-order valence-corrected chi connectivity index (χ0v) is 10.8. The molecule has 0 saturated carbocycles. The minimum atomic E-state index is -1.01. The first kappa shape index (κ1) is 15.0. The minimum absolute atomic E-state index is 0.270. The van der Waals surface area contributed by atoms with Crippen molar-refractivity contribution in [2.24, 2.45) is 0 Å². The van der Waals surface area contributed by atoms with Gasteiger partial charge in [-0.15, -0.1) is 0 Å². The second-order valence-corrected chi connectivity index (χ2v) is 4.50. The molecule has 0 aromatic heterocycles. The van der Waals surface area contributed by atoms with E-state index in [1.54, 1.807) is 0 Å². The van der Waals surface area contributed by atoms with Crippen LogP contribution in [0.1, 0.15) is 26.2 Å². The molecule has 0 bridgehead atoms. The first-order chi connectivity index (χ1) is 7.47. The Hall–Kier alpha value is -1.04. The molecule has 0 heterocycles. The van der Waals surface area contributed by atoms with Crippen LogP contribution < -0.4 is 10.6 Å². The lowest BCUT2D eigenvalue weighted by atomic mass is 10.1. The first-order valence-electron chi connectivity index (χ1n) is 5.07. The van der Waals surface area contributed by atoms with E-state index in [4.69, 9.17) is 5.11 Å². The number of halogens is 1. The Morgan fingerprint density at radius 2 is 2.12 bits per heavy atom. The first-order valence-corrected chi connectivity index (χ1v) is 5.87. The lowest BCUT2D eigenvalue weighted by Crippen LogP contribution is -2.46. The van der Waals surface area contributed by atoms with Crippen LogP contribution in [0.5, 0.6) is 0 Å². The van der Waals surface area contributed by atoms with Crippen LogP contribution in [0.4, 0.5) is 4.79 Å². The van der Waals surface area contributed by atoms with Gasteiger partial charge < -0.3 is 15.7 Å². The maximum Gasteiger partial charge on any atom is 0.326 e. The molecule has 3 N–H and O–H groups in total. The standard InChI is InChI=1S/C10H17BrN2O3/c1-3-4-5-8(9(14)15)13-10(16)12-6-7(2)11/h8H,2-6H2,1H3,(H,14,15)(H2,12,13,16). The fourth-order valence-electron chi connectivity index (χ4n) is 1.05. The van der Waals surface area contributed by atoms with Crippen molar-refractivity contribution in [1.29, 1.82) is 0 Å². The molecule has 0 radical (unpaired) electrons. The summed E-state index contributed by atoms with van der Waals surface area (Å²) in [7, 11) is 0. The van der Waals surface area contributed by atoms with Crippen LogP contribution in [0.15, 0.2) is 11.1 Å². The van der Waals surface area contributed by atoms with Gasteiger partial charge in [-0.25, -0.2) is 9.59 Å². The number of nitrogens with one attached hydrogen (secondary N) is 2. The maximum atomic E-state index is 11.3. The van der Waals surface area contributed by atoms with E-state index in [0.717, 1.165) is 12.8 Å². The minimum Gasteiger partial charge on any atom is -0.480 e. The van der Waals surface area contributed by atoms with E-state index >= 15 is 0 Å². The van der Waals surface area contributed by atoms with Gasteiger partial charge in [0, 0.05) is 4.48 Å². The van der Waals surface area contributed by atoms with Crippen molar-refractivity contribution in [2.75, 3.05) is 6.54 Å². The second kappa shape index (κ2) is 8.15. The van der Waals surface area contributed by atoms with Gasteiger partial charge >= 0.3 is 12.0 Å². The van der Waals surface area contributed by atoms with E-state index in [0.29, 0.717) is 10.9 Å². The molecule has 0 aliphatic rings. The molecular weight excluding hydrogens is 276 g/mol. The highest BCUT2D eigenvalue weighted by molar-refractivity contribution is 9.11. The van der Waals surface area contributed by atoms with Gasteiger partial charge in [-0.2, -0.15) is 0 Å². The molecule has 0 aliphatic carbocycles. The molecule has 92 valence electrons. The van der Waals surface area contributed by atoms with E-state index < -0.39 is 18.0 Å². The number of carboxylic acids is 1. The number of unbranched alkanes of at least 4 members (excludes halogenated alkanes) is 1. The molecular formula is C10H17BrN2O3. The van der Waals surface area contributed by atoms with Gasteiger partial charge in [0.1, 0.15) is 6.04 Å². The summed E-state index contributed by atoms with van der Waals surface area (Å²) in [5.74, 6) is -1.01. The van der Waals surface area contributed by atoms with Gasteiger partial charge in [0.2, 0.25) is 0 Å². The number of carbonyl (C=O) groups excluding carboxylic acids is 1. The summed E-state index contributed by atoms with van der Waals surface area (Å²) in [5, 5.41) is 13.7. The molecule has 1 unspecified atom stereocenters. The Morgan fingerprint density at radius 3 is 2.56 bits per heavy atom. The average molecular weight is 293 g/mol. The van der Waals surface area contributed by atoms with Crippen LogP contribution in [-0.2, 0) is 4.79 Å². The number of urea groups is 1. The van der Waals surface area contributed by atoms with Gasteiger partial charge in [-0.05, 0) is 6.42 Å². The van der Waals surface area contributed by atoms with Crippen LogP contribution in [0.25, 0.3) is 0 Å². The molecule has 1 atom stereocenters. The van der Waals surface area contributed by atoms with Gasteiger partial charge in [-0.3, -0.25) is 0 Å². The van der Waals surface area contributed by atoms with E-state index in [1.165, 1.54) is 0 Å². The van der Waals surface area contributed by atoms with Crippen molar-refractivity contribution in [1.82, 2.24) is 10.6 Å². The molecule has 0 rings (SSSR count). The number of carboxylic acid groups (broad SMARTS) is 1. The number of carbonyl (C=O) groups is 2. The van der Waals surface area contributed by atoms with Gasteiger partial charge in [0.05, 0.1) is 6.54 Å². The average Bonchev–Trinajstić information content (AvgIpc) is 2.20. The zero-order valence-electron chi connectivity index (χ0n) is 9.25. The highest BCUT2D eigenvalue weighted by atomic mass is 79.9. The largest absolute Gasteiger partial charge is 0.480 e. The van der Waals surface area contributed by atoms with Gasteiger partial charge in [0.25, 0.3) is 0 Å². The van der Waals surface area contributed by atoms with Crippen molar-refractivity contribution in [3.8, 4) is 0 Å². The monoisotopic (exact) mass is 292 g/mol.